The van der Waals surface area contributed by atoms with Gasteiger partial charge in [0.2, 0.25) is 5.91 Å². The van der Waals surface area contributed by atoms with Crippen molar-refractivity contribution in [3.05, 3.63) is 0 Å². The highest BCUT2D eigenvalue weighted by Crippen LogP contribution is 2.15. The van der Waals surface area contributed by atoms with Gasteiger partial charge in [-0.2, -0.15) is 0 Å². The first kappa shape index (κ1) is 16.4. The van der Waals surface area contributed by atoms with E-state index in [1.165, 1.54) is 12.8 Å². The third kappa shape index (κ3) is 5.53. The van der Waals surface area contributed by atoms with Gasteiger partial charge >= 0.3 is 0 Å². The molecule has 0 aromatic carbocycles. The average molecular weight is 242 g/mol. The summed E-state index contributed by atoms with van der Waals surface area (Å²) in [6, 6.07) is 0. The fraction of sp³-hybridized carbons (Fsp3) is 0.929. The molecular weight excluding hydrogens is 212 g/mol. The summed E-state index contributed by atoms with van der Waals surface area (Å²) in [5.41, 5.74) is -0.409. The lowest BCUT2D eigenvalue weighted by Crippen LogP contribution is -2.55. The molecule has 0 aromatic rings. The lowest BCUT2D eigenvalue weighted by molar-refractivity contribution is -0.127. The highest BCUT2D eigenvalue weighted by Gasteiger charge is 2.31. The van der Waals surface area contributed by atoms with Gasteiger partial charge in [-0.1, -0.05) is 40.0 Å². The van der Waals surface area contributed by atoms with Crippen molar-refractivity contribution in [2.45, 2.75) is 65.8 Å². The van der Waals surface area contributed by atoms with Crippen LogP contribution < -0.4 is 10.6 Å². The van der Waals surface area contributed by atoms with Gasteiger partial charge in [-0.3, -0.25) is 4.79 Å². The SMILES string of the molecule is CCCC(C)(NCC(CC)CC)C(=O)NCC. The molecule has 0 saturated carbocycles. The smallest absolute Gasteiger partial charge is 0.240 e. The summed E-state index contributed by atoms with van der Waals surface area (Å²) in [6.45, 7) is 12.1. The normalized spacial score (nSPS) is 14.7. The molecule has 1 unspecified atom stereocenters. The van der Waals surface area contributed by atoms with Crippen molar-refractivity contribution in [2.24, 2.45) is 5.92 Å². The first-order valence-electron chi connectivity index (χ1n) is 7.07. The van der Waals surface area contributed by atoms with Crippen LogP contribution in [-0.2, 0) is 4.79 Å². The number of rotatable bonds is 9. The van der Waals surface area contributed by atoms with Crippen molar-refractivity contribution in [1.29, 1.82) is 0 Å². The van der Waals surface area contributed by atoms with E-state index in [1.54, 1.807) is 0 Å². The Bertz CT molecular complexity index is 214. The van der Waals surface area contributed by atoms with Crippen molar-refractivity contribution in [2.75, 3.05) is 13.1 Å². The van der Waals surface area contributed by atoms with E-state index in [9.17, 15) is 4.79 Å². The van der Waals surface area contributed by atoms with Gasteiger partial charge in [-0.25, -0.2) is 0 Å². The van der Waals surface area contributed by atoms with Crippen LogP contribution in [-0.4, -0.2) is 24.5 Å². The van der Waals surface area contributed by atoms with E-state index in [0.717, 1.165) is 19.4 Å². The summed E-state index contributed by atoms with van der Waals surface area (Å²) in [7, 11) is 0. The Morgan fingerprint density at radius 3 is 2.18 bits per heavy atom. The summed E-state index contributed by atoms with van der Waals surface area (Å²) in [6.07, 6.45) is 4.24. The maximum absolute atomic E-state index is 12.1. The molecule has 102 valence electrons. The van der Waals surface area contributed by atoms with Crippen molar-refractivity contribution in [3.8, 4) is 0 Å². The maximum Gasteiger partial charge on any atom is 0.240 e. The Kier molecular flexibility index (Phi) is 8.23. The fourth-order valence-electron chi connectivity index (χ4n) is 2.08. The molecule has 0 saturated heterocycles. The van der Waals surface area contributed by atoms with Crippen molar-refractivity contribution in [1.82, 2.24) is 10.6 Å². The average Bonchev–Trinajstić information content (AvgIpc) is 2.31. The molecule has 0 aliphatic heterocycles. The lowest BCUT2D eigenvalue weighted by atomic mass is 9.93. The molecule has 2 N–H and O–H groups in total. The van der Waals surface area contributed by atoms with Gasteiger partial charge in [0.1, 0.15) is 0 Å². The molecule has 0 rings (SSSR count). The molecule has 0 aromatic heterocycles. The third-order valence-corrected chi connectivity index (χ3v) is 3.52. The van der Waals surface area contributed by atoms with Gasteiger partial charge in [-0.05, 0) is 32.7 Å². The van der Waals surface area contributed by atoms with Gasteiger partial charge < -0.3 is 10.6 Å². The highest BCUT2D eigenvalue weighted by molar-refractivity contribution is 5.85. The number of amides is 1. The monoisotopic (exact) mass is 242 g/mol. The predicted molar refractivity (Wildman–Crippen MR) is 74.1 cm³/mol. The number of carbonyl (C=O) groups is 1. The van der Waals surface area contributed by atoms with Crippen LogP contribution in [0.15, 0.2) is 0 Å². The Labute approximate surface area is 107 Å². The van der Waals surface area contributed by atoms with Gasteiger partial charge in [0, 0.05) is 6.54 Å². The number of nitrogens with one attached hydrogen (secondary N) is 2. The largest absolute Gasteiger partial charge is 0.355 e. The van der Waals surface area contributed by atoms with E-state index >= 15 is 0 Å². The molecule has 1 atom stereocenters. The Hall–Kier alpha value is -0.570. The first-order valence-corrected chi connectivity index (χ1v) is 7.07. The molecule has 17 heavy (non-hydrogen) atoms. The number of hydrogen-bond donors (Lipinski definition) is 2. The molecule has 1 amide bonds. The van der Waals surface area contributed by atoms with Crippen molar-refractivity contribution in [3.63, 3.8) is 0 Å². The zero-order chi connectivity index (χ0) is 13.3. The minimum absolute atomic E-state index is 0.132. The number of carbonyl (C=O) groups excluding carboxylic acids is 1. The Morgan fingerprint density at radius 2 is 1.76 bits per heavy atom. The van der Waals surface area contributed by atoms with Crippen LogP contribution in [0.25, 0.3) is 0 Å². The maximum atomic E-state index is 12.1. The van der Waals surface area contributed by atoms with Crippen LogP contribution in [0, 0.1) is 5.92 Å². The van der Waals surface area contributed by atoms with E-state index in [4.69, 9.17) is 0 Å². The van der Waals surface area contributed by atoms with Crippen LogP contribution >= 0.6 is 0 Å². The zero-order valence-electron chi connectivity index (χ0n) is 12.2. The summed E-state index contributed by atoms with van der Waals surface area (Å²) in [4.78, 5) is 12.1. The third-order valence-electron chi connectivity index (χ3n) is 3.52. The summed E-state index contributed by atoms with van der Waals surface area (Å²) < 4.78 is 0. The molecule has 3 nitrogen and oxygen atoms in total. The molecular formula is C14H30N2O. The minimum Gasteiger partial charge on any atom is -0.355 e. The molecule has 0 aliphatic rings. The zero-order valence-corrected chi connectivity index (χ0v) is 12.2. The van der Waals surface area contributed by atoms with Crippen LogP contribution in [0.4, 0.5) is 0 Å². The second-order valence-corrected chi connectivity index (χ2v) is 5.00. The van der Waals surface area contributed by atoms with Gasteiger partial charge in [0.05, 0.1) is 5.54 Å². The van der Waals surface area contributed by atoms with E-state index < -0.39 is 5.54 Å². The number of likely N-dealkylation sites (N-methyl/N-ethyl adjacent to an activating group) is 1. The highest BCUT2D eigenvalue weighted by atomic mass is 16.2. The molecule has 3 heteroatoms. The van der Waals surface area contributed by atoms with Crippen molar-refractivity contribution < 1.29 is 4.79 Å². The molecule has 0 aliphatic carbocycles. The van der Waals surface area contributed by atoms with E-state index in [2.05, 4.69) is 31.4 Å². The first-order chi connectivity index (χ1) is 8.03. The quantitative estimate of drug-likeness (QED) is 0.653. The molecule has 0 heterocycles. The Morgan fingerprint density at radius 1 is 1.18 bits per heavy atom. The van der Waals surface area contributed by atoms with E-state index in [1.807, 2.05) is 13.8 Å². The van der Waals surface area contributed by atoms with Crippen LogP contribution in [0.5, 0.6) is 0 Å². The summed E-state index contributed by atoms with van der Waals surface area (Å²) >= 11 is 0. The molecule has 0 radical (unpaired) electrons. The Balaban J connectivity index is 4.43. The minimum atomic E-state index is -0.409. The van der Waals surface area contributed by atoms with E-state index in [-0.39, 0.29) is 5.91 Å². The summed E-state index contributed by atoms with van der Waals surface area (Å²) in [5, 5.41) is 6.40. The lowest BCUT2D eigenvalue weighted by Gasteiger charge is -2.31. The molecule has 0 fully saturated rings. The van der Waals surface area contributed by atoms with Crippen LogP contribution in [0.3, 0.4) is 0 Å². The second-order valence-electron chi connectivity index (χ2n) is 5.00. The standard InChI is InChI=1S/C14H30N2O/c1-6-10-14(5,13(17)15-9-4)16-11-12(7-2)8-3/h12,16H,6-11H2,1-5H3,(H,15,17). The molecule has 0 bridgehead atoms. The fourth-order valence-corrected chi connectivity index (χ4v) is 2.08. The van der Waals surface area contributed by atoms with Crippen LogP contribution in [0.2, 0.25) is 0 Å². The van der Waals surface area contributed by atoms with Crippen LogP contribution in [0.1, 0.15) is 60.3 Å². The molecule has 0 spiro atoms. The van der Waals surface area contributed by atoms with Gasteiger partial charge in [0.15, 0.2) is 0 Å². The topological polar surface area (TPSA) is 41.1 Å². The second kappa shape index (κ2) is 8.51. The van der Waals surface area contributed by atoms with E-state index in [0.29, 0.717) is 12.5 Å². The predicted octanol–water partition coefficient (Wildman–Crippen LogP) is 2.71. The van der Waals surface area contributed by atoms with Gasteiger partial charge in [-0.15, -0.1) is 0 Å². The summed E-state index contributed by atoms with van der Waals surface area (Å²) in [5.74, 6) is 0.799. The number of hydrogen-bond acceptors (Lipinski definition) is 2. The van der Waals surface area contributed by atoms with Crippen molar-refractivity contribution >= 4 is 5.91 Å². The van der Waals surface area contributed by atoms with Gasteiger partial charge in [0.25, 0.3) is 0 Å².